The van der Waals surface area contributed by atoms with E-state index in [1.54, 1.807) is 0 Å². The Morgan fingerprint density at radius 1 is 0.857 bits per heavy atom. The lowest BCUT2D eigenvalue weighted by Gasteiger charge is -2.22. The number of hydrogen-bond donors (Lipinski definition) is 0. The van der Waals surface area contributed by atoms with Gasteiger partial charge in [-0.05, 0) is 17.9 Å². The van der Waals surface area contributed by atoms with Crippen LogP contribution in [0.4, 0.5) is 0 Å². The number of pyridine rings is 1. The Bertz CT molecular complexity index is 1270. The van der Waals surface area contributed by atoms with Crippen LogP contribution in [0.3, 0.4) is 0 Å². The van der Waals surface area contributed by atoms with Gasteiger partial charge in [-0.3, -0.25) is 4.40 Å². The third-order valence-corrected chi connectivity index (χ3v) is 6.16. The van der Waals surface area contributed by atoms with Gasteiger partial charge in [0.05, 0.1) is 11.4 Å². The Kier molecular flexibility index (Phi) is 3.21. The minimum absolute atomic E-state index is 0.0168. The first-order chi connectivity index (χ1) is 13.0. The Morgan fingerprint density at radius 2 is 1.50 bits per heavy atom. The van der Waals surface area contributed by atoms with E-state index in [2.05, 4.69) is 83.2 Å². The second kappa shape index (κ2) is 5.11. The van der Waals surface area contributed by atoms with Crippen molar-refractivity contribution in [3.8, 4) is 0 Å². The summed E-state index contributed by atoms with van der Waals surface area (Å²) >= 11 is 0. The number of fused-ring (bicyclic) bond motifs is 6. The number of aromatic nitrogens is 4. The van der Waals surface area contributed by atoms with Crippen molar-refractivity contribution in [1.82, 2.24) is 19.4 Å². The van der Waals surface area contributed by atoms with Gasteiger partial charge in [-0.2, -0.15) is 0 Å². The van der Waals surface area contributed by atoms with Gasteiger partial charge in [0.1, 0.15) is 5.65 Å². The van der Waals surface area contributed by atoms with Gasteiger partial charge < -0.3 is 0 Å². The molecule has 28 heavy (non-hydrogen) atoms. The van der Waals surface area contributed by atoms with Crippen LogP contribution in [0.5, 0.6) is 0 Å². The molecule has 1 aromatic carbocycles. The molecule has 0 saturated carbocycles. The van der Waals surface area contributed by atoms with Gasteiger partial charge in [-0.25, -0.2) is 15.0 Å². The van der Waals surface area contributed by atoms with E-state index in [4.69, 9.17) is 15.0 Å². The fraction of sp³-hybridized carbons (Fsp3) is 0.458. The first-order valence-corrected chi connectivity index (χ1v) is 10.1. The fourth-order valence-corrected chi connectivity index (χ4v) is 5.11. The normalized spacial score (nSPS) is 18.2. The van der Waals surface area contributed by atoms with E-state index < -0.39 is 0 Å². The molecule has 0 fully saturated rings. The van der Waals surface area contributed by atoms with Gasteiger partial charge in [0.2, 0.25) is 0 Å². The molecule has 144 valence electrons. The number of benzene rings is 1. The monoisotopic (exact) mass is 372 g/mol. The molecule has 3 heterocycles. The van der Waals surface area contributed by atoms with E-state index in [0.717, 1.165) is 40.1 Å². The number of nitrogens with zero attached hydrogens (tertiary/aromatic N) is 4. The van der Waals surface area contributed by atoms with E-state index in [-0.39, 0.29) is 16.2 Å². The molecule has 0 radical (unpaired) electrons. The van der Waals surface area contributed by atoms with Crippen molar-refractivity contribution < 1.29 is 0 Å². The average molecular weight is 373 g/mol. The SMILES string of the molecule is CC(C)(C)c1cc2ccccc2c2nc3nc4c(nc3n12)C(C)(C)CC4(C)C. The quantitative estimate of drug-likeness (QED) is 0.398. The maximum atomic E-state index is 5.21. The fourth-order valence-electron chi connectivity index (χ4n) is 5.11. The van der Waals surface area contributed by atoms with E-state index >= 15 is 0 Å². The maximum Gasteiger partial charge on any atom is 0.198 e. The van der Waals surface area contributed by atoms with E-state index in [1.165, 1.54) is 11.1 Å². The smallest absolute Gasteiger partial charge is 0.198 e. The van der Waals surface area contributed by atoms with Crippen LogP contribution in [-0.2, 0) is 16.2 Å². The lowest BCUT2D eigenvalue weighted by atomic mass is 9.83. The van der Waals surface area contributed by atoms with Crippen molar-refractivity contribution in [2.45, 2.75) is 71.1 Å². The predicted octanol–water partition coefficient (Wildman–Crippen LogP) is 5.69. The lowest BCUT2D eigenvalue weighted by Crippen LogP contribution is -2.18. The Balaban J connectivity index is 2.00. The zero-order valence-corrected chi connectivity index (χ0v) is 17.9. The second-order valence-corrected chi connectivity index (χ2v) is 10.7. The zero-order valence-electron chi connectivity index (χ0n) is 17.9. The lowest BCUT2D eigenvalue weighted by molar-refractivity contribution is 0.396. The summed E-state index contributed by atoms with van der Waals surface area (Å²) < 4.78 is 2.24. The Labute approximate surface area is 166 Å². The molecule has 1 aliphatic rings. The summed E-state index contributed by atoms with van der Waals surface area (Å²) in [5.41, 5.74) is 6.04. The highest BCUT2D eigenvalue weighted by molar-refractivity contribution is 5.97. The third kappa shape index (κ3) is 2.27. The molecule has 4 nitrogen and oxygen atoms in total. The van der Waals surface area contributed by atoms with Crippen LogP contribution in [-0.4, -0.2) is 19.4 Å². The topological polar surface area (TPSA) is 43.1 Å². The molecule has 0 amide bonds. The van der Waals surface area contributed by atoms with Gasteiger partial charge in [0.25, 0.3) is 0 Å². The van der Waals surface area contributed by atoms with Crippen molar-refractivity contribution in [1.29, 1.82) is 0 Å². The molecule has 4 aromatic rings. The minimum Gasteiger partial charge on any atom is -0.279 e. The van der Waals surface area contributed by atoms with Crippen LogP contribution < -0.4 is 0 Å². The molecule has 5 rings (SSSR count). The Morgan fingerprint density at radius 3 is 2.18 bits per heavy atom. The highest BCUT2D eigenvalue weighted by atomic mass is 15.1. The van der Waals surface area contributed by atoms with Gasteiger partial charge >= 0.3 is 0 Å². The largest absolute Gasteiger partial charge is 0.279 e. The predicted molar refractivity (Wildman–Crippen MR) is 115 cm³/mol. The van der Waals surface area contributed by atoms with Crippen molar-refractivity contribution in [3.63, 3.8) is 0 Å². The molecule has 0 saturated heterocycles. The Hall–Kier alpha value is -2.49. The highest BCUT2D eigenvalue weighted by Gasteiger charge is 2.45. The van der Waals surface area contributed by atoms with Crippen molar-refractivity contribution in [2.75, 3.05) is 0 Å². The van der Waals surface area contributed by atoms with Crippen LogP contribution in [0.25, 0.3) is 27.7 Å². The minimum atomic E-state index is -0.0363. The van der Waals surface area contributed by atoms with Crippen LogP contribution >= 0.6 is 0 Å². The molecule has 0 atom stereocenters. The summed E-state index contributed by atoms with van der Waals surface area (Å²) in [4.78, 5) is 15.3. The molecule has 0 bridgehead atoms. The van der Waals surface area contributed by atoms with E-state index in [0.29, 0.717) is 0 Å². The molecular weight excluding hydrogens is 344 g/mol. The molecule has 4 heteroatoms. The third-order valence-electron chi connectivity index (χ3n) is 6.16. The average Bonchev–Trinajstić information content (AvgIpc) is 3.04. The molecule has 0 aliphatic heterocycles. The zero-order chi connectivity index (χ0) is 20.1. The van der Waals surface area contributed by atoms with Crippen LogP contribution in [0, 0.1) is 0 Å². The molecular formula is C24H28N4. The summed E-state index contributed by atoms with van der Waals surface area (Å²) in [6.07, 6.45) is 1.06. The first-order valence-electron chi connectivity index (χ1n) is 10.1. The van der Waals surface area contributed by atoms with Crippen molar-refractivity contribution >= 4 is 27.7 Å². The summed E-state index contributed by atoms with van der Waals surface area (Å²) in [6, 6.07) is 10.8. The molecule has 1 aliphatic carbocycles. The van der Waals surface area contributed by atoms with Gasteiger partial charge in [0, 0.05) is 27.3 Å². The van der Waals surface area contributed by atoms with E-state index in [9.17, 15) is 0 Å². The van der Waals surface area contributed by atoms with Gasteiger partial charge in [0.15, 0.2) is 11.3 Å². The molecule has 0 unspecified atom stereocenters. The second-order valence-electron chi connectivity index (χ2n) is 10.7. The molecule has 0 spiro atoms. The van der Waals surface area contributed by atoms with Crippen molar-refractivity contribution in [3.05, 3.63) is 47.4 Å². The van der Waals surface area contributed by atoms with Crippen molar-refractivity contribution in [2.24, 2.45) is 0 Å². The number of imidazole rings is 1. The summed E-state index contributed by atoms with van der Waals surface area (Å²) in [5.74, 6) is 0. The maximum absolute atomic E-state index is 5.21. The van der Waals surface area contributed by atoms with Gasteiger partial charge in [-0.15, -0.1) is 0 Å². The number of hydrogen-bond acceptors (Lipinski definition) is 3. The summed E-state index contributed by atoms with van der Waals surface area (Å²) in [6.45, 7) is 15.8. The standard InChI is InChI=1S/C24H28N4/c1-22(2,3)16-12-14-10-8-9-11-15(14)20-27-19-21(28(16)20)26-18-17(25-19)23(4,5)13-24(18,6)7/h8-12H,13H2,1-7H3. The highest BCUT2D eigenvalue weighted by Crippen LogP contribution is 2.48. The summed E-state index contributed by atoms with van der Waals surface area (Å²) in [5, 5.41) is 2.36. The number of rotatable bonds is 0. The van der Waals surface area contributed by atoms with E-state index in [1.807, 2.05) is 0 Å². The summed E-state index contributed by atoms with van der Waals surface area (Å²) in [7, 11) is 0. The van der Waals surface area contributed by atoms with Gasteiger partial charge in [-0.1, -0.05) is 72.7 Å². The van der Waals surface area contributed by atoms with Crippen LogP contribution in [0.1, 0.15) is 72.0 Å². The molecule has 3 aromatic heterocycles. The van der Waals surface area contributed by atoms with Crippen LogP contribution in [0.2, 0.25) is 0 Å². The first kappa shape index (κ1) is 17.6. The van der Waals surface area contributed by atoms with Crippen LogP contribution in [0.15, 0.2) is 30.3 Å². The molecule has 0 N–H and O–H groups in total.